The van der Waals surface area contributed by atoms with Crippen LogP contribution in [0.2, 0.25) is 5.02 Å². The van der Waals surface area contributed by atoms with E-state index >= 15 is 0 Å². The predicted molar refractivity (Wildman–Crippen MR) is 103 cm³/mol. The number of carbonyl (C=O) groups excluding carboxylic acids is 2. The molecule has 2 aromatic carbocycles. The Morgan fingerprint density at radius 2 is 1.88 bits per heavy atom. The molecule has 3 aromatic rings. The van der Waals surface area contributed by atoms with Gasteiger partial charge in [-0.2, -0.15) is 0 Å². The molecule has 0 atom stereocenters. The molecular weight excluding hydrogens is 350 g/mol. The number of likely N-dealkylation sites (tertiary alicyclic amines) is 1. The maximum absolute atomic E-state index is 12.5. The predicted octanol–water partition coefficient (Wildman–Crippen LogP) is 2.96. The van der Waals surface area contributed by atoms with Crippen LogP contribution in [0.1, 0.15) is 0 Å². The van der Waals surface area contributed by atoms with Crippen LogP contribution in [0.5, 0.6) is 0 Å². The lowest BCUT2D eigenvalue weighted by Crippen LogP contribution is -2.61. The van der Waals surface area contributed by atoms with Gasteiger partial charge in [-0.25, -0.2) is 0 Å². The van der Waals surface area contributed by atoms with Crippen molar-refractivity contribution >= 4 is 45.2 Å². The molecule has 1 saturated heterocycles. The second kappa shape index (κ2) is 6.50. The number of carbonyl (C=O) groups is 2. The summed E-state index contributed by atoms with van der Waals surface area (Å²) in [7, 11) is 0. The lowest BCUT2D eigenvalue weighted by Gasteiger charge is -2.38. The molecule has 6 heteroatoms. The Kier molecular flexibility index (Phi) is 4.17. The lowest BCUT2D eigenvalue weighted by molar-refractivity contribution is -0.133. The van der Waals surface area contributed by atoms with Gasteiger partial charge in [-0.15, -0.1) is 0 Å². The van der Waals surface area contributed by atoms with E-state index in [-0.39, 0.29) is 24.4 Å². The highest BCUT2D eigenvalue weighted by Gasteiger charge is 2.30. The molecule has 1 aliphatic heterocycles. The molecule has 1 N–H and O–H groups in total. The molecule has 1 aromatic heterocycles. The van der Waals surface area contributed by atoms with Gasteiger partial charge >= 0.3 is 0 Å². The van der Waals surface area contributed by atoms with Crippen molar-refractivity contribution in [2.24, 2.45) is 0 Å². The van der Waals surface area contributed by atoms with Crippen molar-refractivity contribution < 1.29 is 9.59 Å². The van der Waals surface area contributed by atoms with Crippen LogP contribution in [0.15, 0.2) is 55.1 Å². The van der Waals surface area contributed by atoms with E-state index in [1.54, 1.807) is 4.90 Å². The highest BCUT2D eigenvalue weighted by molar-refractivity contribution is 6.31. The number of nitrogens with zero attached hydrogens (tertiary/aromatic N) is 2. The first-order valence-corrected chi connectivity index (χ1v) is 8.82. The van der Waals surface area contributed by atoms with Crippen LogP contribution in [0.25, 0.3) is 21.8 Å². The molecule has 5 nitrogen and oxygen atoms in total. The average molecular weight is 368 g/mol. The summed E-state index contributed by atoms with van der Waals surface area (Å²) in [6.07, 6.45) is 1.29. The second-order valence-corrected chi connectivity index (χ2v) is 6.91. The fraction of sp³-hybridized carbons (Fsp3) is 0.200. The zero-order valence-electron chi connectivity index (χ0n) is 14.1. The van der Waals surface area contributed by atoms with Crippen molar-refractivity contribution in [2.45, 2.75) is 12.6 Å². The molecule has 0 radical (unpaired) electrons. The number of aromatic nitrogens is 1. The van der Waals surface area contributed by atoms with Crippen molar-refractivity contribution in [3.05, 3.63) is 60.1 Å². The summed E-state index contributed by atoms with van der Waals surface area (Å²) in [5.41, 5.74) is 1.97. The van der Waals surface area contributed by atoms with Crippen LogP contribution in [0, 0.1) is 0 Å². The van der Waals surface area contributed by atoms with Gasteiger partial charge in [0, 0.05) is 39.9 Å². The summed E-state index contributed by atoms with van der Waals surface area (Å²) in [4.78, 5) is 25.7. The standard InChI is InChI=1S/C20H18ClN3O2/c1-2-20(26)23-10-14(11-23)22-19(25)12-24-17-6-4-3-5-15(17)16-9-13(21)7-8-18(16)24/h2-9,14H,1,10-12H2,(H,22,25). The van der Waals surface area contributed by atoms with Crippen molar-refractivity contribution in [2.75, 3.05) is 13.1 Å². The van der Waals surface area contributed by atoms with Crippen molar-refractivity contribution in [1.29, 1.82) is 0 Å². The van der Waals surface area contributed by atoms with Gasteiger partial charge in [0.05, 0.1) is 6.04 Å². The van der Waals surface area contributed by atoms with Gasteiger partial charge in [0.2, 0.25) is 11.8 Å². The molecule has 0 aliphatic carbocycles. The molecule has 1 aliphatic rings. The Morgan fingerprint density at radius 3 is 2.65 bits per heavy atom. The first kappa shape index (κ1) is 16.7. The highest BCUT2D eigenvalue weighted by atomic mass is 35.5. The number of rotatable bonds is 4. The molecule has 0 bridgehead atoms. The van der Waals surface area contributed by atoms with Gasteiger partial charge < -0.3 is 14.8 Å². The number of nitrogens with one attached hydrogen (secondary N) is 1. The zero-order valence-corrected chi connectivity index (χ0v) is 14.9. The maximum atomic E-state index is 12.5. The molecule has 2 heterocycles. The van der Waals surface area contributed by atoms with Crippen LogP contribution in [-0.2, 0) is 16.1 Å². The van der Waals surface area contributed by atoms with Crippen LogP contribution >= 0.6 is 11.6 Å². The van der Waals surface area contributed by atoms with E-state index in [9.17, 15) is 9.59 Å². The third kappa shape index (κ3) is 2.84. The van der Waals surface area contributed by atoms with E-state index in [0.29, 0.717) is 18.1 Å². The lowest BCUT2D eigenvalue weighted by atomic mass is 10.1. The zero-order chi connectivity index (χ0) is 18.3. The minimum Gasteiger partial charge on any atom is -0.348 e. The van der Waals surface area contributed by atoms with Gasteiger partial charge in [-0.1, -0.05) is 36.4 Å². The van der Waals surface area contributed by atoms with Gasteiger partial charge in [0.25, 0.3) is 0 Å². The topological polar surface area (TPSA) is 54.3 Å². The fourth-order valence-corrected chi connectivity index (χ4v) is 3.66. The van der Waals surface area contributed by atoms with E-state index in [2.05, 4.69) is 11.9 Å². The van der Waals surface area contributed by atoms with Crippen LogP contribution in [0.3, 0.4) is 0 Å². The first-order chi connectivity index (χ1) is 12.6. The Morgan fingerprint density at radius 1 is 1.15 bits per heavy atom. The van der Waals surface area contributed by atoms with Gasteiger partial charge in [0.15, 0.2) is 0 Å². The third-order valence-corrected chi connectivity index (χ3v) is 5.00. The third-order valence-electron chi connectivity index (χ3n) is 4.77. The van der Waals surface area contributed by atoms with E-state index in [1.807, 2.05) is 47.0 Å². The van der Waals surface area contributed by atoms with Crippen molar-refractivity contribution in [3.63, 3.8) is 0 Å². The highest BCUT2D eigenvalue weighted by Crippen LogP contribution is 2.30. The molecule has 0 unspecified atom stereocenters. The Labute approximate surface area is 155 Å². The summed E-state index contributed by atoms with van der Waals surface area (Å²) < 4.78 is 2.00. The van der Waals surface area contributed by atoms with E-state index in [0.717, 1.165) is 21.8 Å². The minimum atomic E-state index is -0.102. The molecule has 2 amide bonds. The molecule has 0 spiro atoms. The smallest absolute Gasteiger partial charge is 0.246 e. The van der Waals surface area contributed by atoms with Crippen LogP contribution in [-0.4, -0.2) is 40.4 Å². The van der Waals surface area contributed by atoms with Gasteiger partial charge in [0.1, 0.15) is 6.54 Å². The number of para-hydroxylation sites is 1. The number of fused-ring (bicyclic) bond motifs is 3. The fourth-order valence-electron chi connectivity index (χ4n) is 3.49. The SMILES string of the molecule is C=CC(=O)N1CC(NC(=O)Cn2c3ccccc3c3cc(Cl)ccc32)C1. The Hall–Kier alpha value is -2.79. The number of hydrogen-bond acceptors (Lipinski definition) is 2. The van der Waals surface area contributed by atoms with E-state index < -0.39 is 0 Å². The second-order valence-electron chi connectivity index (χ2n) is 6.48. The van der Waals surface area contributed by atoms with Crippen molar-refractivity contribution in [1.82, 2.24) is 14.8 Å². The van der Waals surface area contributed by atoms with Gasteiger partial charge in [-0.05, 0) is 30.3 Å². The van der Waals surface area contributed by atoms with Crippen molar-refractivity contribution in [3.8, 4) is 0 Å². The molecule has 0 saturated carbocycles. The number of amides is 2. The minimum absolute atomic E-state index is 0.00562. The number of hydrogen-bond donors (Lipinski definition) is 1. The molecular formula is C20H18ClN3O2. The number of benzene rings is 2. The Bertz CT molecular complexity index is 1030. The Balaban J connectivity index is 1.56. The molecule has 4 rings (SSSR count). The van der Waals surface area contributed by atoms with Crippen LogP contribution < -0.4 is 5.32 Å². The number of halogens is 1. The largest absolute Gasteiger partial charge is 0.348 e. The normalized spacial score (nSPS) is 14.4. The van der Waals surface area contributed by atoms with Gasteiger partial charge in [-0.3, -0.25) is 9.59 Å². The first-order valence-electron chi connectivity index (χ1n) is 8.44. The van der Waals surface area contributed by atoms with E-state index in [1.165, 1.54) is 6.08 Å². The van der Waals surface area contributed by atoms with E-state index in [4.69, 9.17) is 11.6 Å². The molecule has 26 heavy (non-hydrogen) atoms. The summed E-state index contributed by atoms with van der Waals surface area (Å²) in [6.45, 7) is 4.75. The van der Waals surface area contributed by atoms with Crippen LogP contribution in [0.4, 0.5) is 0 Å². The monoisotopic (exact) mass is 367 g/mol. The summed E-state index contributed by atoms with van der Waals surface area (Å²) >= 11 is 6.15. The summed E-state index contributed by atoms with van der Waals surface area (Å²) in [5, 5.41) is 5.77. The quantitative estimate of drug-likeness (QED) is 0.721. The average Bonchev–Trinajstić information content (AvgIpc) is 2.90. The molecule has 132 valence electrons. The summed E-state index contributed by atoms with van der Waals surface area (Å²) in [5.74, 6) is -0.173. The maximum Gasteiger partial charge on any atom is 0.246 e. The molecule has 1 fully saturated rings. The summed E-state index contributed by atoms with van der Waals surface area (Å²) in [6, 6.07) is 13.7.